The molecule has 0 bridgehead atoms. The molecule has 1 atom stereocenters. The van der Waals surface area contributed by atoms with Crippen LogP contribution in [0.15, 0.2) is 15.7 Å². The van der Waals surface area contributed by atoms with E-state index in [-0.39, 0.29) is 17.4 Å². The lowest BCUT2D eigenvalue weighted by Crippen LogP contribution is -2.04. The number of ether oxygens (including phenoxy) is 1. The molecule has 0 saturated carbocycles. The van der Waals surface area contributed by atoms with Crippen molar-refractivity contribution >= 4 is 17.0 Å². The Bertz CT molecular complexity index is 334. The smallest absolute Gasteiger partial charge is 0.314 e. The summed E-state index contributed by atoms with van der Waals surface area (Å²) in [5.74, 6) is -0.457. The van der Waals surface area contributed by atoms with Gasteiger partial charge in [0.05, 0.1) is 13.3 Å². The standard InChI is InChI=1S/C6H7NO5S/c1-11-5(8)2-4-7-3-6(12-4)13(9)10/h3H,2H2,1H3,(H,9,10). The number of oxazole rings is 1. The molecular formula is C6H7NO5S. The van der Waals surface area contributed by atoms with Gasteiger partial charge >= 0.3 is 5.97 Å². The minimum Gasteiger partial charge on any atom is -0.469 e. The van der Waals surface area contributed by atoms with Crippen molar-refractivity contribution < 1.29 is 22.7 Å². The van der Waals surface area contributed by atoms with Crippen molar-refractivity contribution in [3.05, 3.63) is 12.1 Å². The van der Waals surface area contributed by atoms with Crippen LogP contribution < -0.4 is 0 Å². The zero-order valence-electron chi connectivity index (χ0n) is 6.72. The molecule has 1 unspecified atom stereocenters. The fourth-order valence-corrected chi connectivity index (χ4v) is 0.962. The van der Waals surface area contributed by atoms with E-state index in [0.717, 1.165) is 6.20 Å². The first-order valence-electron chi connectivity index (χ1n) is 3.26. The summed E-state index contributed by atoms with van der Waals surface area (Å²) in [5.41, 5.74) is 0. The Morgan fingerprint density at radius 3 is 3.00 bits per heavy atom. The molecule has 1 aromatic rings. The number of carbonyl (C=O) groups excluding carboxylic acids is 1. The van der Waals surface area contributed by atoms with Gasteiger partial charge in [-0.05, 0) is 0 Å². The van der Waals surface area contributed by atoms with Crippen LogP contribution in [0.25, 0.3) is 0 Å². The van der Waals surface area contributed by atoms with Crippen LogP contribution in [0.2, 0.25) is 0 Å². The molecule has 0 saturated heterocycles. The minimum atomic E-state index is -2.21. The Hall–Kier alpha value is -1.21. The molecule has 0 aliphatic carbocycles. The average molecular weight is 205 g/mol. The molecule has 1 heterocycles. The molecule has 0 aromatic carbocycles. The molecule has 7 heteroatoms. The first-order chi connectivity index (χ1) is 6.13. The molecule has 1 N–H and O–H groups in total. The number of methoxy groups -OCH3 is 1. The highest BCUT2D eigenvalue weighted by molar-refractivity contribution is 7.79. The van der Waals surface area contributed by atoms with E-state index in [1.54, 1.807) is 0 Å². The summed E-state index contributed by atoms with van der Waals surface area (Å²) in [5, 5.41) is -0.182. The van der Waals surface area contributed by atoms with Crippen molar-refractivity contribution in [2.45, 2.75) is 11.5 Å². The van der Waals surface area contributed by atoms with Gasteiger partial charge in [0.1, 0.15) is 6.42 Å². The molecule has 1 rings (SSSR count). The number of hydrogen-bond donors (Lipinski definition) is 1. The van der Waals surface area contributed by atoms with Crippen LogP contribution in [0.5, 0.6) is 0 Å². The number of esters is 1. The Labute approximate surface area is 76.2 Å². The van der Waals surface area contributed by atoms with Crippen LogP contribution in [-0.2, 0) is 27.0 Å². The SMILES string of the molecule is COC(=O)Cc1ncc(S(=O)O)o1. The summed E-state index contributed by atoms with van der Waals surface area (Å²) in [4.78, 5) is 14.3. The summed E-state index contributed by atoms with van der Waals surface area (Å²) in [6.07, 6.45) is 0.947. The zero-order chi connectivity index (χ0) is 9.84. The third kappa shape index (κ3) is 2.63. The Balaban J connectivity index is 2.69. The molecule has 72 valence electrons. The number of hydrogen-bond acceptors (Lipinski definition) is 5. The van der Waals surface area contributed by atoms with Gasteiger partial charge in [-0.3, -0.25) is 9.35 Å². The van der Waals surface area contributed by atoms with E-state index in [1.165, 1.54) is 7.11 Å². The van der Waals surface area contributed by atoms with Crippen LogP contribution in [0, 0.1) is 0 Å². The van der Waals surface area contributed by atoms with Crippen LogP contribution in [-0.4, -0.2) is 26.8 Å². The maximum atomic E-state index is 10.7. The molecule has 0 fully saturated rings. The maximum absolute atomic E-state index is 10.7. The zero-order valence-corrected chi connectivity index (χ0v) is 7.54. The third-order valence-electron chi connectivity index (χ3n) is 1.23. The van der Waals surface area contributed by atoms with Crippen LogP contribution in [0.1, 0.15) is 5.89 Å². The summed E-state index contributed by atoms with van der Waals surface area (Å²) < 4.78 is 28.1. The molecule has 6 nitrogen and oxygen atoms in total. The van der Waals surface area contributed by atoms with Crippen LogP contribution in [0.3, 0.4) is 0 Å². The second kappa shape index (κ2) is 4.15. The number of aromatic nitrogens is 1. The fourth-order valence-electron chi connectivity index (χ4n) is 0.652. The van der Waals surface area contributed by atoms with E-state index in [9.17, 15) is 9.00 Å². The van der Waals surface area contributed by atoms with E-state index in [2.05, 4.69) is 9.72 Å². The fraction of sp³-hybridized carbons (Fsp3) is 0.333. The summed E-state index contributed by atoms with van der Waals surface area (Å²) in [6, 6.07) is 0. The van der Waals surface area contributed by atoms with Crippen molar-refractivity contribution in [3.63, 3.8) is 0 Å². The quantitative estimate of drug-likeness (QED) is 0.550. The van der Waals surface area contributed by atoms with Crippen molar-refractivity contribution in [2.24, 2.45) is 0 Å². The van der Waals surface area contributed by atoms with Gasteiger partial charge < -0.3 is 9.15 Å². The lowest BCUT2D eigenvalue weighted by atomic mass is 10.4. The van der Waals surface area contributed by atoms with Crippen molar-refractivity contribution in [2.75, 3.05) is 7.11 Å². The number of carbonyl (C=O) groups is 1. The van der Waals surface area contributed by atoms with Gasteiger partial charge in [-0.15, -0.1) is 0 Å². The highest BCUT2D eigenvalue weighted by Crippen LogP contribution is 2.07. The molecule has 0 spiro atoms. The third-order valence-corrected chi connectivity index (χ3v) is 1.76. The highest BCUT2D eigenvalue weighted by atomic mass is 32.2. The van der Waals surface area contributed by atoms with Crippen molar-refractivity contribution in [3.8, 4) is 0 Å². The van der Waals surface area contributed by atoms with Crippen LogP contribution in [0.4, 0.5) is 0 Å². The van der Waals surface area contributed by atoms with Crippen molar-refractivity contribution in [1.82, 2.24) is 4.98 Å². The predicted octanol–water partition coefficient (Wildman–Crippen LogP) is -0.0293. The monoisotopic (exact) mass is 205 g/mol. The van der Waals surface area contributed by atoms with Crippen LogP contribution >= 0.6 is 0 Å². The lowest BCUT2D eigenvalue weighted by molar-refractivity contribution is -0.140. The largest absolute Gasteiger partial charge is 0.469 e. The molecule has 0 aliphatic rings. The van der Waals surface area contributed by atoms with E-state index in [0.29, 0.717) is 0 Å². The van der Waals surface area contributed by atoms with Gasteiger partial charge in [-0.2, -0.15) is 0 Å². The number of nitrogens with zero attached hydrogens (tertiary/aromatic N) is 1. The Morgan fingerprint density at radius 1 is 1.85 bits per heavy atom. The molecule has 0 radical (unpaired) electrons. The highest BCUT2D eigenvalue weighted by Gasteiger charge is 2.11. The Morgan fingerprint density at radius 2 is 2.54 bits per heavy atom. The maximum Gasteiger partial charge on any atom is 0.314 e. The molecular weight excluding hydrogens is 198 g/mol. The topological polar surface area (TPSA) is 89.6 Å². The van der Waals surface area contributed by atoms with Gasteiger partial charge in [0.15, 0.2) is 0 Å². The van der Waals surface area contributed by atoms with E-state index in [4.69, 9.17) is 8.97 Å². The summed E-state index contributed by atoms with van der Waals surface area (Å²) in [6.45, 7) is 0. The summed E-state index contributed by atoms with van der Waals surface area (Å²) in [7, 11) is 1.23. The predicted molar refractivity (Wildman–Crippen MR) is 41.3 cm³/mol. The molecule has 1 aromatic heterocycles. The first kappa shape index (κ1) is 9.87. The number of rotatable bonds is 3. The second-order valence-corrected chi connectivity index (χ2v) is 2.98. The van der Waals surface area contributed by atoms with Gasteiger partial charge in [-0.1, -0.05) is 0 Å². The minimum absolute atomic E-state index is 0.0595. The van der Waals surface area contributed by atoms with Gasteiger partial charge in [-0.25, -0.2) is 9.19 Å². The van der Waals surface area contributed by atoms with Gasteiger partial charge in [0.25, 0.3) is 0 Å². The van der Waals surface area contributed by atoms with Crippen molar-refractivity contribution in [1.29, 1.82) is 0 Å². The molecule has 0 aliphatic heterocycles. The molecule has 0 amide bonds. The molecule has 13 heavy (non-hydrogen) atoms. The average Bonchev–Trinajstić information content (AvgIpc) is 2.52. The summed E-state index contributed by atoms with van der Waals surface area (Å²) >= 11 is -2.21. The van der Waals surface area contributed by atoms with E-state index < -0.39 is 17.0 Å². The normalized spacial score (nSPS) is 12.5. The van der Waals surface area contributed by atoms with Gasteiger partial charge in [0, 0.05) is 0 Å². The van der Waals surface area contributed by atoms with E-state index >= 15 is 0 Å². The first-order valence-corrected chi connectivity index (χ1v) is 4.36. The lowest BCUT2D eigenvalue weighted by Gasteiger charge is -1.92. The Kier molecular flexibility index (Phi) is 3.15. The van der Waals surface area contributed by atoms with Gasteiger partial charge in [0.2, 0.25) is 22.1 Å². The second-order valence-electron chi connectivity index (χ2n) is 2.08. The van der Waals surface area contributed by atoms with E-state index in [1.807, 2.05) is 0 Å².